The minimum absolute atomic E-state index is 0.00277. The first-order valence-electron chi connectivity index (χ1n) is 17.8. The van der Waals surface area contributed by atoms with E-state index in [0.29, 0.717) is 32.8 Å². The number of rotatable bonds is 36. The van der Waals surface area contributed by atoms with E-state index in [4.69, 9.17) is 29.8 Å². The summed E-state index contributed by atoms with van der Waals surface area (Å²) in [6.45, 7) is 3.69. The summed E-state index contributed by atoms with van der Waals surface area (Å²) >= 11 is 0. The fraction of sp³-hybridized carbons (Fsp3) is 0.853. The summed E-state index contributed by atoms with van der Waals surface area (Å²) in [6, 6.07) is -0.790. The van der Waals surface area contributed by atoms with E-state index in [-0.39, 0.29) is 76.0 Å². The van der Waals surface area contributed by atoms with Crippen LogP contribution in [0.15, 0.2) is 0 Å². The molecule has 0 saturated carbocycles. The minimum atomic E-state index is -0.790. The molecule has 0 saturated heterocycles. The summed E-state index contributed by atoms with van der Waals surface area (Å²) < 4.78 is 21.0. The van der Waals surface area contributed by atoms with Gasteiger partial charge in [0.05, 0.1) is 39.6 Å². The molecule has 14 nitrogen and oxygen atoms in total. The van der Waals surface area contributed by atoms with Crippen LogP contribution in [0.25, 0.3) is 0 Å². The normalized spacial score (nSPS) is 11.6. The third-order valence-electron chi connectivity index (χ3n) is 7.33. The number of carbonyl (C=O) groups is 5. The summed E-state index contributed by atoms with van der Waals surface area (Å²) in [5, 5.41) is 16.7. The van der Waals surface area contributed by atoms with Gasteiger partial charge >= 0.3 is 5.97 Å². The molecule has 0 aromatic rings. The van der Waals surface area contributed by atoms with Gasteiger partial charge in [0.15, 0.2) is 5.78 Å². The number of amides is 3. The molecule has 0 aliphatic heterocycles. The molecule has 0 bridgehead atoms. The third kappa shape index (κ3) is 33.3. The first-order valence-corrected chi connectivity index (χ1v) is 17.8. The number of hydrogen-bond acceptors (Lipinski definition) is 10. The summed E-state index contributed by atoms with van der Waals surface area (Å²) in [7, 11) is 0. The maximum Gasteiger partial charge on any atom is 0.303 e. The van der Waals surface area contributed by atoms with Crippen LogP contribution in [0, 0.1) is 0 Å². The largest absolute Gasteiger partial charge is 0.481 e. The molecule has 0 aromatic heterocycles. The van der Waals surface area contributed by atoms with E-state index >= 15 is 0 Å². The number of carboxylic acid groups (broad SMARTS) is 1. The lowest BCUT2D eigenvalue weighted by molar-refractivity contribution is -0.137. The molecule has 3 amide bonds. The first kappa shape index (κ1) is 45.3. The molecule has 0 rings (SSSR count). The number of unbranched alkanes of at least 4 members (excludes halogenated alkanes) is 13. The maximum atomic E-state index is 12.4. The van der Waals surface area contributed by atoms with Gasteiger partial charge in [-0.15, -0.1) is 0 Å². The molecule has 0 fully saturated rings. The molecular formula is C34H64N4O10. The zero-order valence-corrected chi connectivity index (χ0v) is 29.4. The van der Waals surface area contributed by atoms with Crippen molar-refractivity contribution in [3.63, 3.8) is 0 Å². The molecule has 0 aromatic carbocycles. The van der Waals surface area contributed by atoms with Crippen LogP contribution in [0.1, 0.15) is 110 Å². The van der Waals surface area contributed by atoms with E-state index in [1.54, 1.807) is 0 Å². The predicted molar refractivity (Wildman–Crippen MR) is 182 cm³/mol. The van der Waals surface area contributed by atoms with E-state index < -0.39 is 12.0 Å². The number of aliphatic carboxylic acids is 1. The highest BCUT2D eigenvalue weighted by Crippen LogP contribution is 2.13. The van der Waals surface area contributed by atoms with Crippen molar-refractivity contribution in [2.24, 2.45) is 5.73 Å². The van der Waals surface area contributed by atoms with Gasteiger partial charge in [0.2, 0.25) is 17.7 Å². The van der Waals surface area contributed by atoms with E-state index in [1.165, 1.54) is 58.3 Å². The Hall–Kier alpha value is -2.65. The lowest BCUT2D eigenvalue weighted by Crippen LogP contribution is -2.51. The number of carboxylic acids is 1. The Morgan fingerprint density at radius 1 is 0.562 bits per heavy atom. The van der Waals surface area contributed by atoms with Crippen molar-refractivity contribution in [1.29, 1.82) is 0 Å². The highest BCUT2D eigenvalue weighted by atomic mass is 16.5. The van der Waals surface area contributed by atoms with E-state index in [1.807, 2.05) is 0 Å². The summed E-state index contributed by atoms with van der Waals surface area (Å²) in [6.07, 6.45) is 16.3. The summed E-state index contributed by atoms with van der Waals surface area (Å²) in [5.41, 5.74) is 5.70. The SMILES string of the molecule is CC(=O)COCCOCCNC(=O)COCCOCCNC(=O)C(CN)NC(=O)CCCCCCCCCCCCCCCCC(=O)O. The quantitative estimate of drug-likeness (QED) is 0.0605. The van der Waals surface area contributed by atoms with Crippen LogP contribution in [0.5, 0.6) is 0 Å². The van der Waals surface area contributed by atoms with Crippen LogP contribution in [-0.4, -0.2) is 113 Å². The fourth-order valence-electron chi connectivity index (χ4n) is 4.68. The van der Waals surface area contributed by atoms with Crippen LogP contribution in [0.4, 0.5) is 0 Å². The predicted octanol–water partition coefficient (Wildman–Crippen LogP) is 2.64. The number of nitrogens with two attached hydrogens (primary N) is 1. The number of carbonyl (C=O) groups excluding carboxylic acids is 4. The Morgan fingerprint density at radius 3 is 1.48 bits per heavy atom. The third-order valence-corrected chi connectivity index (χ3v) is 7.33. The Balaban J connectivity index is 3.58. The minimum Gasteiger partial charge on any atom is -0.481 e. The number of ketones is 1. The van der Waals surface area contributed by atoms with Crippen molar-refractivity contribution in [2.45, 2.75) is 116 Å². The average molecular weight is 689 g/mol. The van der Waals surface area contributed by atoms with Crippen LogP contribution in [-0.2, 0) is 42.9 Å². The Bertz CT molecular complexity index is 847. The summed E-state index contributed by atoms with van der Waals surface area (Å²) in [4.78, 5) is 57.6. The van der Waals surface area contributed by atoms with Crippen molar-refractivity contribution in [3.05, 3.63) is 0 Å². The molecule has 48 heavy (non-hydrogen) atoms. The van der Waals surface area contributed by atoms with E-state index in [9.17, 15) is 24.0 Å². The molecule has 0 radical (unpaired) electrons. The standard InChI is InChI=1S/C34H64N4O10/c1-29(39)27-47-24-22-45-20-18-36-32(41)28-48-25-23-46-21-19-37-34(44)30(26-35)38-31(40)16-14-12-10-8-6-4-2-3-5-7-9-11-13-15-17-33(42)43/h30H,2-28,35H2,1H3,(H,36,41)(H,37,44)(H,38,40)(H,42,43). The monoisotopic (exact) mass is 688 g/mol. The van der Waals surface area contributed by atoms with Gasteiger partial charge in [0.1, 0.15) is 19.3 Å². The number of nitrogens with one attached hydrogen (secondary N) is 3. The highest BCUT2D eigenvalue weighted by Gasteiger charge is 2.18. The summed E-state index contributed by atoms with van der Waals surface area (Å²) in [5.74, 6) is -1.56. The number of Topliss-reactive ketones (excluding diaryl/α,β-unsaturated/α-hetero) is 1. The van der Waals surface area contributed by atoms with Crippen molar-refractivity contribution < 1.29 is 48.0 Å². The Labute approximate surface area is 287 Å². The molecule has 280 valence electrons. The van der Waals surface area contributed by atoms with Crippen LogP contribution in [0.3, 0.4) is 0 Å². The Morgan fingerprint density at radius 2 is 1.00 bits per heavy atom. The fourth-order valence-corrected chi connectivity index (χ4v) is 4.68. The molecule has 1 unspecified atom stereocenters. The van der Waals surface area contributed by atoms with Gasteiger partial charge in [-0.2, -0.15) is 0 Å². The average Bonchev–Trinajstić information content (AvgIpc) is 3.05. The smallest absolute Gasteiger partial charge is 0.303 e. The molecule has 0 aliphatic rings. The van der Waals surface area contributed by atoms with Gasteiger partial charge in [0, 0.05) is 32.5 Å². The van der Waals surface area contributed by atoms with Crippen LogP contribution in [0.2, 0.25) is 0 Å². The van der Waals surface area contributed by atoms with Gasteiger partial charge in [-0.1, -0.05) is 77.0 Å². The van der Waals surface area contributed by atoms with Crippen LogP contribution >= 0.6 is 0 Å². The van der Waals surface area contributed by atoms with Crippen LogP contribution < -0.4 is 21.7 Å². The lowest BCUT2D eigenvalue weighted by Gasteiger charge is -2.16. The zero-order valence-electron chi connectivity index (χ0n) is 29.4. The maximum absolute atomic E-state index is 12.4. The molecule has 14 heteroatoms. The van der Waals surface area contributed by atoms with Crippen molar-refractivity contribution in [1.82, 2.24) is 16.0 Å². The van der Waals surface area contributed by atoms with Gasteiger partial charge in [-0.05, 0) is 19.8 Å². The van der Waals surface area contributed by atoms with Gasteiger partial charge < -0.3 is 45.7 Å². The molecular weight excluding hydrogens is 624 g/mol. The molecule has 1 atom stereocenters. The second kappa shape index (κ2) is 34.2. The van der Waals surface area contributed by atoms with E-state index in [2.05, 4.69) is 16.0 Å². The van der Waals surface area contributed by atoms with E-state index in [0.717, 1.165) is 38.5 Å². The lowest BCUT2D eigenvalue weighted by atomic mass is 10.0. The van der Waals surface area contributed by atoms with Gasteiger partial charge in [-0.3, -0.25) is 24.0 Å². The van der Waals surface area contributed by atoms with Crippen molar-refractivity contribution in [3.8, 4) is 0 Å². The van der Waals surface area contributed by atoms with Gasteiger partial charge in [-0.25, -0.2) is 0 Å². The van der Waals surface area contributed by atoms with Gasteiger partial charge in [0.25, 0.3) is 0 Å². The highest BCUT2D eigenvalue weighted by molar-refractivity contribution is 5.87. The zero-order chi connectivity index (χ0) is 35.5. The first-order chi connectivity index (χ1) is 23.3. The van der Waals surface area contributed by atoms with Crippen molar-refractivity contribution in [2.75, 3.05) is 72.5 Å². The molecule has 0 heterocycles. The number of hydrogen-bond donors (Lipinski definition) is 5. The topological polar surface area (TPSA) is 205 Å². The second-order valence-corrected chi connectivity index (χ2v) is 11.9. The molecule has 0 spiro atoms. The molecule has 0 aliphatic carbocycles. The number of ether oxygens (including phenoxy) is 4. The second-order valence-electron chi connectivity index (χ2n) is 11.9. The van der Waals surface area contributed by atoms with Crippen molar-refractivity contribution >= 4 is 29.5 Å². The molecule has 6 N–H and O–H groups in total. The Kier molecular flexibility index (Phi) is 32.3.